The molecule has 1 aromatic carbocycles. The van der Waals surface area contributed by atoms with Crippen LogP contribution in [0.15, 0.2) is 17.1 Å². The highest BCUT2D eigenvalue weighted by Gasteiger charge is 2.22. The smallest absolute Gasteiger partial charge is 0.285 e. The van der Waals surface area contributed by atoms with Gasteiger partial charge in [-0.2, -0.15) is 4.99 Å². The Bertz CT molecular complexity index is 841. The maximum Gasteiger partial charge on any atom is 0.285 e. The quantitative estimate of drug-likeness (QED) is 0.773. The van der Waals surface area contributed by atoms with E-state index in [1.807, 2.05) is 6.92 Å². The Morgan fingerprint density at radius 2 is 1.83 bits per heavy atom. The van der Waals surface area contributed by atoms with Crippen molar-refractivity contribution in [2.24, 2.45) is 12.0 Å². The van der Waals surface area contributed by atoms with Gasteiger partial charge < -0.3 is 4.57 Å². The van der Waals surface area contributed by atoms with Gasteiger partial charge in [-0.25, -0.2) is 8.78 Å². The van der Waals surface area contributed by atoms with Crippen LogP contribution in [0, 0.1) is 25.5 Å². The first kappa shape index (κ1) is 17.5. The average Bonchev–Trinajstić information content (AvgIpc) is 2.71. The van der Waals surface area contributed by atoms with E-state index in [0.29, 0.717) is 4.80 Å². The maximum absolute atomic E-state index is 14.1. The number of thiazole rings is 1. The summed E-state index contributed by atoms with van der Waals surface area (Å²) in [5, 5.41) is 0. The fourth-order valence-electron chi connectivity index (χ4n) is 2.32. The zero-order chi connectivity index (χ0) is 17.5. The molecule has 1 heterocycles. The third-order valence-electron chi connectivity index (χ3n) is 3.69. The van der Waals surface area contributed by atoms with Gasteiger partial charge in [-0.05, 0) is 30.9 Å². The highest BCUT2D eigenvalue weighted by molar-refractivity contribution is 7.09. The van der Waals surface area contributed by atoms with E-state index in [4.69, 9.17) is 0 Å². The van der Waals surface area contributed by atoms with Gasteiger partial charge in [0.15, 0.2) is 4.80 Å². The van der Waals surface area contributed by atoms with Crippen molar-refractivity contribution in [1.82, 2.24) is 4.57 Å². The molecule has 0 bridgehead atoms. The van der Waals surface area contributed by atoms with Crippen molar-refractivity contribution in [2.45, 2.75) is 40.0 Å². The fraction of sp³-hybridized carbons (Fsp3) is 0.412. The zero-order valence-electron chi connectivity index (χ0n) is 14.1. The summed E-state index contributed by atoms with van der Waals surface area (Å²) in [6.45, 7) is 9.62. The molecule has 0 N–H and O–H groups in total. The van der Waals surface area contributed by atoms with Crippen LogP contribution in [0.5, 0.6) is 0 Å². The summed E-state index contributed by atoms with van der Waals surface area (Å²) in [4.78, 5) is 17.7. The Kier molecular flexibility index (Phi) is 4.57. The van der Waals surface area contributed by atoms with E-state index in [9.17, 15) is 13.6 Å². The summed E-state index contributed by atoms with van der Waals surface area (Å²) in [5.74, 6) is -2.65. The van der Waals surface area contributed by atoms with Crippen LogP contribution in [-0.2, 0) is 12.5 Å². The van der Waals surface area contributed by atoms with Crippen molar-refractivity contribution < 1.29 is 13.6 Å². The molecule has 0 saturated heterocycles. The molecule has 2 rings (SSSR count). The molecule has 0 aliphatic rings. The molecule has 0 radical (unpaired) electrons. The number of rotatable bonds is 1. The van der Waals surface area contributed by atoms with Crippen molar-refractivity contribution in [2.75, 3.05) is 0 Å². The standard InChI is InChI=1S/C17H20F2N2OS/c1-9-7-8-11(18)12(13(9)19)15(22)20-16-21(6)10(2)14(23-16)17(3,4)5/h7-8H,1-6H3. The predicted molar refractivity (Wildman–Crippen MR) is 87.7 cm³/mol. The molecule has 0 atom stereocenters. The van der Waals surface area contributed by atoms with E-state index in [2.05, 4.69) is 25.8 Å². The first-order valence-electron chi connectivity index (χ1n) is 7.24. The maximum atomic E-state index is 14.1. The van der Waals surface area contributed by atoms with Gasteiger partial charge >= 0.3 is 0 Å². The molecule has 0 saturated carbocycles. The van der Waals surface area contributed by atoms with Crippen LogP contribution < -0.4 is 4.80 Å². The van der Waals surface area contributed by atoms with Crippen molar-refractivity contribution in [3.63, 3.8) is 0 Å². The number of aryl methyl sites for hydroxylation is 1. The van der Waals surface area contributed by atoms with Gasteiger partial charge in [0, 0.05) is 17.6 Å². The molecule has 1 amide bonds. The lowest BCUT2D eigenvalue weighted by atomic mass is 9.93. The summed E-state index contributed by atoms with van der Waals surface area (Å²) in [5.41, 5.74) is 0.503. The number of amides is 1. The summed E-state index contributed by atoms with van der Waals surface area (Å²) in [7, 11) is 1.79. The molecule has 1 aromatic heterocycles. The van der Waals surface area contributed by atoms with Crippen LogP contribution in [-0.4, -0.2) is 10.5 Å². The first-order chi connectivity index (χ1) is 10.5. The molecule has 0 unspecified atom stereocenters. The second-order valence-corrected chi connectivity index (χ2v) is 7.56. The number of hydrogen-bond donors (Lipinski definition) is 0. The second-order valence-electron chi connectivity index (χ2n) is 6.58. The minimum Gasteiger partial charge on any atom is -0.324 e. The Labute approximate surface area is 138 Å². The fourth-order valence-corrected chi connectivity index (χ4v) is 3.49. The minimum absolute atomic E-state index is 0.0941. The van der Waals surface area contributed by atoms with E-state index in [0.717, 1.165) is 16.6 Å². The van der Waals surface area contributed by atoms with Gasteiger partial charge in [-0.15, -0.1) is 11.3 Å². The van der Waals surface area contributed by atoms with Crippen LogP contribution in [0.1, 0.15) is 47.3 Å². The average molecular weight is 338 g/mol. The van der Waals surface area contributed by atoms with Crippen LogP contribution in [0.2, 0.25) is 0 Å². The molecule has 0 aliphatic heterocycles. The number of halogens is 2. The summed E-state index contributed by atoms with van der Waals surface area (Å²) < 4.78 is 29.7. The van der Waals surface area contributed by atoms with E-state index >= 15 is 0 Å². The lowest BCUT2D eigenvalue weighted by Crippen LogP contribution is -2.16. The minimum atomic E-state index is -0.902. The SMILES string of the molecule is Cc1ccc(F)c(C(=O)N=c2sc(C(C)(C)C)c(C)n2C)c1F. The molecular weight excluding hydrogens is 318 g/mol. The Morgan fingerprint density at radius 1 is 1.22 bits per heavy atom. The van der Waals surface area contributed by atoms with Crippen LogP contribution in [0.25, 0.3) is 0 Å². The van der Waals surface area contributed by atoms with E-state index in [-0.39, 0.29) is 11.0 Å². The number of aromatic nitrogens is 1. The zero-order valence-corrected chi connectivity index (χ0v) is 14.9. The van der Waals surface area contributed by atoms with Gasteiger partial charge in [0.05, 0.1) is 0 Å². The van der Waals surface area contributed by atoms with E-state index < -0.39 is 23.1 Å². The summed E-state index contributed by atoms with van der Waals surface area (Å²) >= 11 is 1.36. The Morgan fingerprint density at radius 3 is 2.35 bits per heavy atom. The molecule has 0 fully saturated rings. The normalized spacial score (nSPS) is 12.8. The molecule has 124 valence electrons. The number of hydrogen-bond acceptors (Lipinski definition) is 2. The third kappa shape index (κ3) is 3.27. The van der Waals surface area contributed by atoms with Crippen molar-refractivity contribution in [1.29, 1.82) is 0 Å². The van der Waals surface area contributed by atoms with Gasteiger partial charge in [-0.1, -0.05) is 26.8 Å². The Hall–Kier alpha value is -1.82. The van der Waals surface area contributed by atoms with Gasteiger partial charge in [0.1, 0.15) is 17.2 Å². The highest BCUT2D eigenvalue weighted by Crippen LogP contribution is 2.27. The number of carbonyl (C=O) groups is 1. The van der Waals surface area contributed by atoms with Crippen LogP contribution in [0.4, 0.5) is 8.78 Å². The Balaban J connectivity index is 2.61. The molecule has 0 aliphatic carbocycles. The molecule has 23 heavy (non-hydrogen) atoms. The number of nitrogens with zero attached hydrogens (tertiary/aromatic N) is 2. The van der Waals surface area contributed by atoms with Crippen molar-refractivity contribution >= 4 is 17.2 Å². The second kappa shape index (κ2) is 6.00. The monoisotopic (exact) mass is 338 g/mol. The van der Waals surface area contributed by atoms with Crippen LogP contribution in [0.3, 0.4) is 0 Å². The number of benzene rings is 1. The predicted octanol–water partition coefficient (Wildman–Crippen LogP) is 4.02. The van der Waals surface area contributed by atoms with E-state index in [1.165, 1.54) is 24.3 Å². The van der Waals surface area contributed by atoms with Gasteiger partial charge in [0.25, 0.3) is 5.91 Å². The number of carbonyl (C=O) groups excluding carboxylic acids is 1. The lowest BCUT2D eigenvalue weighted by molar-refractivity contribution is 0.0989. The first-order valence-corrected chi connectivity index (χ1v) is 8.06. The summed E-state index contributed by atoms with van der Waals surface area (Å²) in [6, 6.07) is 2.38. The van der Waals surface area contributed by atoms with Crippen LogP contribution >= 0.6 is 11.3 Å². The van der Waals surface area contributed by atoms with Crippen molar-refractivity contribution in [3.8, 4) is 0 Å². The molecular formula is C17H20F2N2OS. The molecule has 0 spiro atoms. The summed E-state index contributed by atoms with van der Waals surface area (Å²) in [6.07, 6.45) is 0. The van der Waals surface area contributed by atoms with E-state index in [1.54, 1.807) is 11.6 Å². The van der Waals surface area contributed by atoms with Gasteiger partial charge in [0.2, 0.25) is 0 Å². The third-order valence-corrected chi connectivity index (χ3v) is 5.35. The topological polar surface area (TPSA) is 34.4 Å². The van der Waals surface area contributed by atoms with Crippen molar-refractivity contribution in [3.05, 3.63) is 50.3 Å². The molecule has 6 heteroatoms. The lowest BCUT2D eigenvalue weighted by Gasteiger charge is -2.17. The van der Waals surface area contributed by atoms with Gasteiger partial charge in [-0.3, -0.25) is 4.79 Å². The molecule has 2 aromatic rings. The highest BCUT2D eigenvalue weighted by atomic mass is 32.1. The largest absolute Gasteiger partial charge is 0.324 e. The molecule has 3 nitrogen and oxygen atoms in total.